The molecule has 3 rings (SSSR count). The summed E-state index contributed by atoms with van der Waals surface area (Å²) in [6.07, 6.45) is 0. The molecule has 106 valence electrons. The van der Waals surface area contributed by atoms with Crippen LogP contribution in [-0.2, 0) is 0 Å². The number of rotatable bonds is 3. The zero-order chi connectivity index (χ0) is 14.8. The number of nitro groups is 1. The Morgan fingerprint density at radius 2 is 2.00 bits per heavy atom. The van der Waals surface area contributed by atoms with E-state index in [-0.39, 0.29) is 16.1 Å². The highest BCUT2D eigenvalue weighted by atomic mass is 35.5. The molecule has 0 aliphatic carbocycles. The van der Waals surface area contributed by atoms with Gasteiger partial charge >= 0.3 is 0 Å². The Morgan fingerprint density at radius 3 is 2.71 bits per heavy atom. The summed E-state index contributed by atoms with van der Waals surface area (Å²) in [6.45, 7) is 0. The van der Waals surface area contributed by atoms with E-state index in [9.17, 15) is 10.1 Å². The molecule has 1 N–H and O–H groups in total. The summed E-state index contributed by atoms with van der Waals surface area (Å²) in [7, 11) is 0. The minimum atomic E-state index is -0.482. The van der Waals surface area contributed by atoms with Crippen molar-refractivity contribution < 1.29 is 4.92 Å². The second kappa shape index (κ2) is 5.75. The monoisotopic (exact) mass is 319 g/mol. The molecule has 0 aromatic heterocycles. The lowest BCUT2D eigenvalue weighted by Crippen LogP contribution is -2.07. The molecule has 0 fully saturated rings. The van der Waals surface area contributed by atoms with Crippen molar-refractivity contribution in [1.82, 2.24) is 5.43 Å². The van der Waals surface area contributed by atoms with E-state index in [1.807, 2.05) is 30.3 Å². The van der Waals surface area contributed by atoms with Crippen molar-refractivity contribution in [3.63, 3.8) is 0 Å². The van der Waals surface area contributed by atoms with Gasteiger partial charge in [-0.25, -0.2) is 0 Å². The largest absolute Gasteiger partial charge is 0.291 e. The van der Waals surface area contributed by atoms with Crippen molar-refractivity contribution >= 4 is 34.1 Å². The zero-order valence-electron chi connectivity index (χ0n) is 10.7. The van der Waals surface area contributed by atoms with Gasteiger partial charge < -0.3 is 0 Å². The van der Waals surface area contributed by atoms with E-state index in [0.717, 1.165) is 16.2 Å². The van der Waals surface area contributed by atoms with E-state index in [2.05, 4.69) is 10.5 Å². The fraction of sp³-hybridized carbons (Fsp3) is 0.0714. The second-order valence-electron chi connectivity index (χ2n) is 4.38. The van der Waals surface area contributed by atoms with Crippen LogP contribution >= 0.6 is 23.4 Å². The van der Waals surface area contributed by atoms with Gasteiger partial charge in [0.05, 0.1) is 4.92 Å². The van der Waals surface area contributed by atoms with Gasteiger partial charge in [0, 0.05) is 11.6 Å². The van der Waals surface area contributed by atoms with Gasteiger partial charge in [0.2, 0.25) is 0 Å². The molecule has 0 bridgehead atoms. The molecule has 2 aromatic carbocycles. The Balaban J connectivity index is 1.82. The van der Waals surface area contributed by atoms with Gasteiger partial charge in [-0.1, -0.05) is 59.8 Å². The van der Waals surface area contributed by atoms with Crippen molar-refractivity contribution in [2.75, 3.05) is 0 Å². The third kappa shape index (κ3) is 2.86. The summed E-state index contributed by atoms with van der Waals surface area (Å²) in [6, 6.07) is 14.6. The summed E-state index contributed by atoms with van der Waals surface area (Å²) in [5.41, 5.74) is 4.68. The average molecular weight is 320 g/mol. The summed E-state index contributed by atoms with van der Waals surface area (Å²) in [5, 5.41) is 16.1. The molecule has 0 spiro atoms. The number of nitrogens with zero attached hydrogens (tertiary/aromatic N) is 2. The lowest BCUT2D eigenvalue weighted by molar-refractivity contribution is -0.384. The molecule has 1 heterocycles. The lowest BCUT2D eigenvalue weighted by atomic mass is 10.2. The molecular formula is C14H10ClN3O2S. The van der Waals surface area contributed by atoms with E-state index in [0.29, 0.717) is 0 Å². The maximum atomic E-state index is 10.9. The molecule has 1 atom stereocenters. The first-order valence-corrected chi connectivity index (χ1v) is 7.40. The van der Waals surface area contributed by atoms with Crippen LogP contribution in [-0.4, -0.2) is 9.97 Å². The number of nitrogens with one attached hydrogen (secondary N) is 1. The quantitative estimate of drug-likeness (QED) is 0.687. The van der Waals surface area contributed by atoms with Gasteiger partial charge in [-0.2, -0.15) is 5.10 Å². The third-order valence-electron chi connectivity index (χ3n) is 3.00. The van der Waals surface area contributed by atoms with Crippen LogP contribution in [0.5, 0.6) is 0 Å². The van der Waals surface area contributed by atoms with Gasteiger partial charge in [0.15, 0.2) is 0 Å². The minimum Gasteiger partial charge on any atom is -0.291 e. The molecule has 7 heteroatoms. The molecule has 0 saturated heterocycles. The number of nitro benzene ring substituents is 1. The minimum absolute atomic E-state index is 0.0928. The van der Waals surface area contributed by atoms with Crippen LogP contribution in [0.25, 0.3) is 0 Å². The average Bonchev–Trinajstić information content (AvgIpc) is 2.98. The number of hydrazone groups is 1. The van der Waals surface area contributed by atoms with Gasteiger partial charge in [-0.3, -0.25) is 15.5 Å². The van der Waals surface area contributed by atoms with Gasteiger partial charge in [-0.15, -0.1) is 0 Å². The van der Waals surface area contributed by atoms with Crippen LogP contribution in [0.3, 0.4) is 0 Å². The van der Waals surface area contributed by atoms with Crippen molar-refractivity contribution in [2.24, 2.45) is 5.10 Å². The van der Waals surface area contributed by atoms with Crippen molar-refractivity contribution in [3.8, 4) is 0 Å². The van der Waals surface area contributed by atoms with E-state index in [1.165, 1.54) is 23.9 Å². The van der Waals surface area contributed by atoms with Crippen LogP contribution in [0.2, 0.25) is 5.02 Å². The highest BCUT2D eigenvalue weighted by Gasteiger charge is 2.24. The van der Waals surface area contributed by atoms with Gasteiger partial charge in [0.25, 0.3) is 5.69 Å². The first-order valence-electron chi connectivity index (χ1n) is 6.14. The van der Waals surface area contributed by atoms with E-state index in [1.54, 1.807) is 6.07 Å². The fourth-order valence-electron chi connectivity index (χ4n) is 1.97. The number of hydrogen-bond donors (Lipinski definition) is 1. The van der Waals surface area contributed by atoms with Crippen LogP contribution < -0.4 is 5.43 Å². The number of thioether (sulfide) groups is 1. The highest BCUT2D eigenvalue weighted by Crippen LogP contribution is 2.37. The molecule has 21 heavy (non-hydrogen) atoms. The van der Waals surface area contributed by atoms with Crippen LogP contribution in [0.4, 0.5) is 5.69 Å². The number of benzene rings is 2. The Labute approximate surface area is 130 Å². The summed E-state index contributed by atoms with van der Waals surface area (Å²) >= 11 is 7.34. The maximum Gasteiger partial charge on any atom is 0.288 e. The normalized spacial score (nSPS) is 17.2. The van der Waals surface area contributed by atoms with Crippen molar-refractivity contribution in [1.29, 1.82) is 0 Å². The second-order valence-corrected chi connectivity index (χ2v) is 5.88. The first kappa shape index (κ1) is 13.9. The molecule has 0 radical (unpaired) electrons. The Hall–Kier alpha value is -2.05. The van der Waals surface area contributed by atoms with Crippen molar-refractivity contribution in [3.05, 3.63) is 74.8 Å². The van der Waals surface area contributed by atoms with E-state index < -0.39 is 4.92 Å². The maximum absolute atomic E-state index is 10.9. The van der Waals surface area contributed by atoms with E-state index >= 15 is 0 Å². The molecule has 1 aliphatic rings. The topological polar surface area (TPSA) is 67.5 Å². The number of halogens is 1. The number of hydrogen-bond acceptors (Lipinski definition) is 5. The molecule has 1 unspecified atom stereocenters. The standard InChI is InChI=1S/C14H10ClN3O2S/c15-11-7-6-10(8-12(11)18(19)20)14-17-16-13(21-14)9-4-2-1-3-5-9/h1-8,14,17H. The molecule has 1 aliphatic heterocycles. The summed E-state index contributed by atoms with van der Waals surface area (Å²) in [4.78, 5) is 10.5. The molecule has 0 amide bonds. The van der Waals surface area contributed by atoms with Gasteiger partial charge in [0.1, 0.15) is 15.4 Å². The predicted molar refractivity (Wildman–Crippen MR) is 84.6 cm³/mol. The lowest BCUT2D eigenvalue weighted by Gasteiger charge is -2.09. The Kier molecular flexibility index (Phi) is 3.81. The predicted octanol–water partition coefficient (Wildman–Crippen LogP) is 3.95. The summed E-state index contributed by atoms with van der Waals surface area (Å²) in [5.74, 6) is 0. The Bertz CT molecular complexity index is 721. The molecule has 5 nitrogen and oxygen atoms in total. The van der Waals surface area contributed by atoms with E-state index in [4.69, 9.17) is 11.6 Å². The fourth-order valence-corrected chi connectivity index (χ4v) is 3.15. The summed E-state index contributed by atoms with van der Waals surface area (Å²) < 4.78 is 0. The zero-order valence-corrected chi connectivity index (χ0v) is 12.3. The SMILES string of the molecule is O=[N+]([O-])c1cc(C2NN=C(c3ccccc3)S2)ccc1Cl. The van der Waals surface area contributed by atoms with Crippen LogP contribution in [0, 0.1) is 10.1 Å². The molecule has 2 aromatic rings. The molecule has 0 saturated carbocycles. The Morgan fingerprint density at radius 1 is 1.24 bits per heavy atom. The van der Waals surface area contributed by atoms with Crippen LogP contribution in [0.1, 0.15) is 16.5 Å². The highest BCUT2D eigenvalue weighted by molar-refractivity contribution is 8.14. The van der Waals surface area contributed by atoms with Crippen LogP contribution in [0.15, 0.2) is 53.6 Å². The van der Waals surface area contributed by atoms with Gasteiger partial charge in [-0.05, 0) is 11.6 Å². The first-order chi connectivity index (χ1) is 10.1. The molecular weight excluding hydrogens is 310 g/mol. The van der Waals surface area contributed by atoms with Crippen molar-refractivity contribution in [2.45, 2.75) is 5.37 Å². The third-order valence-corrected chi connectivity index (χ3v) is 4.49. The smallest absolute Gasteiger partial charge is 0.288 e.